The molecular weight excluding hydrogens is 282 g/mol. The van der Waals surface area contributed by atoms with Gasteiger partial charge in [-0.25, -0.2) is 4.79 Å². The van der Waals surface area contributed by atoms with Crippen molar-refractivity contribution in [3.8, 4) is 0 Å². The van der Waals surface area contributed by atoms with E-state index >= 15 is 0 Å². The smallest absolute Gasteiger partial charge is 0.408 e. The molecule has 0 unspecified atom stereocenters. The first-order valence-electron chi connectivity index (χ1n) is 6.28. The summed E-state index contributed by atoms with van der Waals surface area (Å²) < 4.78 is 6.69. The highest BCUT2D eigenvalue weighted by molar-refractivity contribution is 6.30. The Hall–Kier alpha value is -1.56. The van der Waals surface area contributed by atoms with Gasteiger partial charge in [0.15, 0.2) is 0 Å². The highest BCUT2D eigenvalue weighted by Crippen LogP contribution is 2.27. The highest BCUT2D eigenvalue weighted by Gasteiger charge is 2.25. The lowest BCUT2D eigenvalue weighted by molar-refractivity contribution is -0.108. The molecule has 1 aromatic heterocycles. The molecule has 0 spiro atoms. The lowest BCUT2D eigenvalue weighted by atomic mass is 10.1. The number of nitrogens with one attached hydrogen (secondary N) is 1. The Labute approximate surface area is 123 Å². The van der Waals surface area contributed by atoms with Gasteiger partial charge < -0.3 is 14.8 Å². The fourth-order valence-corrected chi connectivity index (χ4v) is 2.14. The molecule has 1 N–H and O–H groups in total. The molecule has 0 saturated carbocycles. The van der Waals surface area contributed by atoms with Crippen molar-refractivity contribution in [2.24, 2.45) is 7.05 Å². The Bertz CT molecular complexity index is 506. The number of hydrogen-bond donors (Lipinski definition) is 1. The Kier molecular flexibility index (Phi) is 5.16. The van der Waals surface area contributed by atoms with Crippen LogP contribution in [0.1, 0.15) is 44.5 Å². The Morgan fingerprint density at radius 2 is 2.15 bits per heavy atom. The first-order chi connectivity index (χ1) is 9.15. The van der Waals surface area contributed by atoms with Gasteiger partial charge in [-0.15, -0.1) is 0 Å². The zero-order chi connectivity index (χ0) is 15.5. The van der Waals surface area contributed by atoms with E-state index in [1.807, 2.05) is 0 Å². The van der Waals surface area contributed by atoms with E-state index in [4.69, 9.17) is 16.3 Å². The molecule has 20 heavy (non-hydrogen) atoms. The van der Waals surface area contributed by atoms with Crippen LogP contribution in [-0.2, 0) is 16.6 Å². The topological polar surface area (TPSA) is 73.2 Å². The maximum absolute atomic E-state index is 11.8. The summed E-state index contributed by atoms with van der Waals surface area (Å²) in [5.41, 5.74) is 0.691. The number of alkyl carbamates (subject to hydrolysis) is 1. The van der Waals surface area contributed by atoms with Gasteiger partial charge in [0.05, 0.1) is 11.7 Å². The van der Waals surface area contributed by atoms with Gasteiger partial charge in [-0.1, -0.05) is 11.6 Å². The van der Waals surface area contributed by atoms with E-state index in [1.165, 1.54) is 4.68 Å². The zero-order valence-electron chi connectivity index (χ0n) is 12.4. The fourth-order valence-electron chi connectivity index (χ4n) is 1.84. The van der Waals surface area contributed by atoms with E-state index in [-0.39, 0.29) is 6.42 Å². The lowest BCUT2D eigenvalue weighted by Gasteiger charge is -2.23. The molecule has 0 fully saturated rings. The van der Waals surface area contributed by atoms with E-state index in [9.17, 15) is 9.59 Å². The summed E-state index contributed by atoms with van der Waals surface area (Å²) in [5.74, 6) is 0. The second kappa shape index (κ2) is 6.26. The molecule has 0 saturated heterocycles. The van der Waals surface area contributed by atoms with Gasteiger partial charge in [0, 0.05) is 19.0 Å². The van der Waals surface area contributed by atoms with Gasteiger partial charge in [-0.2, -0.15) is 5.10 Å². The summed E-state index contributed by atoms with van der Waals surface area (Å²) >= 11 is 6.15. The van der Waals surface area contributed by atoms with Crippen LogP contribution in [0.2, 0.25) is 5.15 Å². The highest BCUT2D eigenvalue weighted by atomic mass is 35.5. The molecule has 0 radical (unpaired) electrons. The second-order valence-corrected chi connectivity index (χ2v) is 5.87. The van der Waals surface area contributed by atoms with E-state index < -0.39 is 17.7 Å². The minimum Gasteiger partial charge on any atom is -0.444 e. The summed E-state index contributed by atoms with van der Waals surface area (Å²) in [4.78, 5) is 22.6. The predicted molar refractivity (Wildman–Crippen MR) is 75.7 cm³/mol. The number of halogens is 1. The fraction of sp³-hybridized carbons (Fsp3) is 0.615. The molecule has 1 rings (SSSR count). The van der Waals surface area contributed by atoms with Crippen LogP contribution < -0.4 is 5.32 Å². The Morgan fingerprint density at radius 1 is 1.55 bits per heavy atom. The second-order valence-electron chi connectivity index (χ2n) is 5.51. The molecule has 0 aliphatic rings. The van der Waals surface area contributed by atoms with Crippen LogP contribution in [0.25, 0.3) is 0 Å². The normalized spacial score (nSPS) is 12.9. The van der Waals surface area contributed by atoms with Crippen LogP contribution in [0.15, 0.2) is 0 Å². The number of hydrogen-bond acceptors (Lipinski definition) is 4. The molecule has 0 bridgehead atoms. The van der Waals surface area contributed by atoms with Gasteiger partial charge in [0.25, 0.3) is 0 Å². The molecule has 6 nitrogen and oxygen atoms in total. The van der Waals surface area contributed by atoms with Gasteiger partial charge in [0.1, 0.15) is 17.0 Å². The van der Waals surface area contributed by atoms with Gasteiger partial charge in [-0.05, 0) is 27.7 Å². The summed E-state index contributed by atoms with van der Waals surface area (Å²) in [5, 5.41) is 7.22. The van der Waals surface area contributed by atoms with Crippen LogP contribution >= 0.6 is 11.6 Å². The number of amides is 1. The van der Waals surface area contributed by atoms with Crippen LogP contribution in [0.5, 0.6) is 0 Å². The number of ether oxygens (including phenoxy) is 1. The molecular formula is C13H20ClN3O3. The minimum absolute atomic E-state index is 0.103. The molecule has 0 aliphatic carbocycles. The van der Waals surface area contributed by atoms with Crippen molar-refractivity contribution in [2.45, 2.75) is 45.8 Å². The maximum Gasteiger partial charge on any atom is 0.408 e. The van der Waals surface area contributed by atoms with Crippen molar-refractivity contribution in [2.75, 3.05) is 0 Å². The van der Waals surface area contributed by atoms with Crippen LogP contribution in [-0.4, -0.2) is 27.8 Å². The summed E-state index contributed by atoms with van der Waals surface area (Å²) in [6.07, 6.45) is 0.236. The van der Waals surface area contributed by atoms with E-state index in [0.717, 1.165) is 6.29 Å². The van der Waals surface area contributed by atoms with Gasteiger partial charge in [0.2, 0.25) is 0 Å². The van der Waals surface area contributed by atoms with Gasteiger partial charge >= 0.3 is 6.09 Å². The standard InChI is InChI=1S/C13H20ClN3O3/c1-8-10(11(14)17(5)16-8)9(6-7-18)15-12(19)20-13(2,3)4/h7,9H,6H2,1-5H3,(H,15,19)/t9-/m1/s1. The largest absolute Gasteiger partial charge is 0.444 e. The third-order valence-corrected chi connectivity index (χ3v) is 3.02. The van der Waals surface area contributed by atoms with Crippen LogP contribution in [0.4, 0.5) is 4.79 Å². The number of aromatic nitrogens is 2. The number of nitrogens with zero attached hydrogens (tertiary/aromatic N) is 2. The summed E-state index contributed by atoms with van der Waals surface area (Å²) in [6, 6.07) is -0.552. The Morgan fingerprint density at radius 3 is 2.55 bits per heavy atom. The summed E-state index contributed by atoms with van der Waals surface area (Å²) in [6.45, 7) is 7.08. The maximum atomic E-state index is 11.8. The van der Waals surface area contributed by atoms with Crippen LogP contribution in [0, 0.1) is 6.92 Å². The first kappa shape index (κ1) is 16.5. The SMILES string of the molecule is Cc1nn(C)c(Cl)c1[C@@H](CC=O)NC(=O)OC(C)(C)C. The van der Waals surface area contributed by atoms with Crippen LogP contribution in [0.3, 0.4) is 0 Å². The molecule has 1 aromatic rings. The van der Waals surface area contributed by atoms with Crippen molar-refractivity contribution >= 4 is 24.0 Å². The Balaban J connectivity index is 2.95. The van der Waals surface area contributed by atoms with Gasteiger partial charge in [-0.3, -0.25) is 4.68 Å². The predicted octanol–water partition coefficient (Wildman–Crippen LogP) is 2.54. The molecule has 7 heteroatoms. The quantitative estimate of drug-likeness (QED) is 0.867. The first-order valence-corrected chi connectivity index (χ1v) is 6.65. The number of aryl methyl sites for hydroxylation is 2. The molecule has 0 aromatic carbocycles. The monoisotopic (exact) mass is 301 g/mol. The van der Waals surface area contributed by atoms with Crippen molar-refractivity contribution < 1.29 is 14.3 Å². The third-order valence-electron chi connectivity index (χ3n) is 2.57. The van der Waals surface area contributed by atoms with E-state index in [0.29, 0.717) is 16.4 Å². The minimum atomic E-state index is -0.608. The van der Waals surface area contributed by atoms with Crippen molar-refractivity contribution in [1.82, 2.24) is 15.1 Å². The average Bonchev–Trinajstić information content (AvgIpc) is 2.50. The number of rotatable bonds is 4. The summed E-state index contributed by atoms with van der Waals surface area (Å²) in [7, 11) is 1.70. The molecule has 0 aliphatic heterocycles. The molecule has 1 heterocycles. The lowest BCUT2D eigenvalue weighted by Crippen LogP contribution is -2.35. The average molecular weight is 302 g/mol. The molecule has 112 valence electrons. The number of carbonyl (C=O) groups excluding carboxylic acids is 2. The number of carbonyl (C=O) groups is 2. The third kappa shape index (κ3) is 4.23. The number of aldehydes is 1. The van der Waals surface area contributed by atoms with Crippen molar-refractivity contribution in [3.63, 3.8) is 0 Å². The van der Waals surface area contributed by atoms with E-state index in [2.05, 4.69) is 10.4 Å². The molecule has 1 atom stereocenters. The van der Waals surface area contributed by atoms with Crippen molar-refractivity contribution in [3.05, 3.63) is 16.4 Å². The zero-order valence-corrected chi connectivity index (χ0v) is 13.1. The van der Waals surface area contributed by atoms with E-state index in [1.54, 1.807) is 34.7 Å². The molecule has 1 amide bonds. The van der Waals surface area contributed by atoms with Crippen molar-refractivity contribution in [1.29, 1.82) is 0 Å².